The van der Waals surface area contributed by atoms with Crippen LogP contribution in [0.25, 0.3) is 0 Å². The van der Waals surface area contributed by atoms with Crippen LogP contribution in [0.4, 0.5) is 4.79 Å². The van der Waals surface area contributed by atoms with Gasteiger partial charge in [0.1, 0.15) is 6.61 Å². The van der Waals surface area contributed by atoms with Gasteiger partial charge in [0.2, 0.25) is 0 Å². The van der Waals surface area contributed by atoms with E-state index >= 15 is 0 Å². The number of hydrogen-bond donors (Lipinski definition) is 2. The highest BCUT2D eigenvalue weighted by Gasteiger charge is 2.24. The van der Waals surface area contributed by atoms with Crippen molar-refractivity contribution in [2.75, 3.05) is 13.2 Å². The molecule has 3 N–H and O–H groups in total. The molecule has 2 atom stereocenters. The quantitative estimate of drug-likeness (QED) is 0.840. The zero-order chi connectivity index (χ0) is 12.8. The number of alkyl carbamates (subject to hydrolysis) is 1. The van der Waals surface area contributed by atoms with Crippen LogP contribution in [0, 0.1) is 0 Å². The number of amides is 1. The number of ether oxygens (including phenoxy) is 2. The predicted octanol–water partition coefficient (Wildman–Crippen LogP) is 1.03. The van der Waals surface area contributed by atoms with Gasteiger partial charge in [0, 0.05) is 12.6 Å². The third-order valence-corrected chi connectivity index (χ3v) is 2.92. The number of benzene rings is 1. The lowest BCUT2D eigenvalue weighted by Crippen LogP contribution is -2.53. The smallest absolute Gasteiger partial charge is 0.407 e. The first-order chi connectivity index (χ1) is 8.75. The average Bonchev–Trinajstić information content (AvgIpc) is 2.40. The van der Waals surface area contributed by atoms with Crippen molar-refractivity contribution in [1.29, 1.82) is 0 Å². The lowest BCUT2D eigenvalue weighted by molar-refractivity contribution is 0.0579. The minimum Gasteiger partial charge on any atom is -0.445 e. The second-order valence-corrected chi connectivity index (χ2v) is 4.34. The summed E-state index contributed by atoms with van der Waals surface area (Å²) in [6, 6.07) is 9.33. The Labute approximate surface area is 106 Å². The summed E-state index contributed by atoms with van der Waals surface area (Å²) in [4.78, 5) is 11.6. The molecule has 1 saturated heterocycles. The largest absolute Gasteiger partial charge is 0.445 e. The van der Waals surface area contributed by atoms with Gasteiger partial charge < -0.3 is 20.5 Å². The summed E-state index contributed by atoms with van der Waals surface area (Å²) in [5.74, 6) is 0. The van der Waals surface area contributed by atoms with Crippen LogP contribution in [0.2, 0.25) is 0 Å². The lowest BCUT2D eigenvalue weighted by atomic mass is 10.1. The number of carbonyl (C=O) groups excluding carboxylic acids is 1. The highest BCUT2D eigenvalue weighted by molar-refractivity contribution is 5.67. The van der Waals surface area contributed by atoms with Crippen LogP contribution in [0.5, 0.6) is 0 Å². The number of nitrogens with one attached hydrogen (secondary N) is 1. The van der Waals surface area contributed by atoms with Crippen molar-refractivity contribution < 1.29 is 14.3 Å². The molecule has 1 aromatic carbocycles. The van der Waals surface area contributed by atoms with Gasteiger partial charge >= 0.3 is 6.09 Å². The van der Waals surface area contributed by atoms with Gasteiger partial charge in [-0.25, -0.2) is 4.79 Å². The second kappa shape index (κ2) is 6.37. The molecule has 98 valence electrons. The molecular weight excluding hydrogens is 232 g/mol. The minimum absolute atomic E-state index is 0.0676. The highest BCUT2D eigenvalue weighted by atomic mass is 16.5. The maximum Gasteiger partial charge on any atom is 0.407 e. The minimum atomic E-state index is -0.429. The summed E-state index contributed by atoms with van der Waals surface area (Å²) < 4.78 is 10.3. The van der Waals surface area contributed by atoms with Gasteiger partial charge in [-0.15, -0.1) is 0 Å². The lowest BCUT2D eigenvalue weighted by Gasteiger charge is -2.28. The molecule has 5 heteroatoms. The molecule has 0 spiro atoms. The van der Waals surface area contributed by atoms with E-state index in [1.807, 2.05) is 30.3 Å². The number of hydrogen-bond acceptors (Lipinski definition) is 4. The molecule has 0 bridgehead atoms. The summed E-state index contributed by atoms with van der Waals surface area (Å²) in [7, 11) is 0. The number of carbonyl (C=O) groups is 1. The molecule has 0 aliphatic carbocycles. The SMILES string of the molecule is N[C@H]1COCC[C@@H]1NC(=O)OCc1ccccc1. The Bertz CT molecular complexity index is 383. The highest BCUT2D eigenvalue weighted by Crippen LogP contribution is 2.06. The fraction of sp³-hybridized carbons (Fsp3) is 0.462. The molecule has 1 aromatic rings. The molecule has 0 aromatic heterocycles. The van der Waals surface area contributed by atoms with Crippen molar-refractivity contribution >= 4 is 6.09 Å². The molecule has 1 aliphatic rings. The van der Waals surface area contributed by atoms with Crippen LogP contribution >= 0.6 is 0 Å². The van der Waals surface area contributed by atoms with Crippen molar-refractivity contribution in [1.82, 2.24) is 5.32 Å². The summed E-state index contributed by atoms with van der Waals surface area (Å²) in [6.07, 6.45) is 0.294. The van der Waals surface area contributed by atoms with Crippen molar-refractivity contribution in [2.45, 2.75) is 25.1 Å². The molecule has 1 amide bonds. The van der Waals surface area contributed by atoms with Crippen LogP contribution < -0.4 is 11.1 Å². The first kappa shape index (κ1) is 12.9. The molecule has 1 heterocycles. The average molecular weight is 250 g/mol. The normalized spacial score (nSPS) is 23.4. The number of rotatable bonds is 3. The van der Waals surface area contributed by atoms with Gasteiger partial charge in [-0.1, -0.05) is 30.3 Å². The van der Waals surface area contributed by atoms with Gasteiger partial charge in [-0.3, -0.25) is 0 Å². The third kappa shape index (κ3) is 3.72. The Kier molecular flexibility index (Phi) is 4.55. The van der Waals surface area contributed by atoms with E-state index in [0.29, 0.717) is 13.2 Å². The van der Waals surface area contributed by atoms with E-state index in [9.17, 15) is 4.79 Å². The molecule has 0 radical (unpaired) electrons. The van der Waals surface area contributed by atoms with Crippen LogP contribution in [0.3, 0.4) is 0 Å². The molecule has 1 fully saturated rings. The Balaban J connectivity index is 1.75. The monoisotopic (exact) mass is 250 g/mol. The van der Waals surface area contributed by atoms with E-state index in [2.05, 4.69) is 5.32 Å². The fourth-order valence-electron chi connectivity index (χ4n) is 1.86. The van der Waals surface area contributed by atoms with Gasteiger partial charge in [0.25, 0.3) is 0 Å². The Morgan fingerprint density at radius 1 is 1.44 bits per heavy atom. The Hall–Kier alpha value is -1.59. The van der Waals surface area contributed by atoms with Gasteiger partial charge in [0.05, 0.1) is 12.6 Å². The van der Waals surface area contributed by atoms with Crippen molar-refractivity contribution in [3.63, 3.8) is 0 Å². The van der Waals surface area contributed by atoms with E-state index < -0.39 is 6.09 Å². The maximum absolute atomic E-state index is 11.6. The molecule has 0 unspecified atom stereocenters. The topological polar surface area (TPSA) is 73.6 Å². The zero-order valence-electron chi connectivity index (χ0n) is 10.2. The molecule has 1 aliphatic heterocycles. The summed E-state index contributed by atoms with van der Waals surface area (Å²) >= 11 is 0. The van der Waals surface area contributed by atoms with E-state index in [1.165, 1.54) is 0 Å². The molecule has 0 saturated carbocycles. The van der Waals surface area contributed by atoms with E-state index in [1.54, 1.807) is 0 Å². The van der Waals surface area contributed by atoms with Crippen LogP contribution in [0.15, 0.2) is 30.3 Å². The molecule has 5 nitrogen and oxygen atoms in total. The predicted molar refractivity (Wildman–Crippen MR) is 67.0 cm³/mol. The zero-order valence-corrected chi connectivity index (χ0v) is 10.2. The summed E-state index contributed by atoms with van der Waals surface area (Å²) in [5.41, 5.74) is 6.80. The van der Waals surface area contributed by atoms with Gasteiger partial charge in [0.15, 0.2) is 0 Å². The molecule has 18 heavy (non-hydrogen) atoms. The van der Waals surface area contributed by atoms with Crippen molar-refractivity contribution in [3.8, 4) is 0 Å². The molecule has 2 rings (SSSR count). The third-order valence-electron chi connectivity index (χ3n) is 2.92. The van der Waals surface area contributed by atoms with E-state index in [-0.39, 0.29) is 18.7 Å². The van der Waals surface area contributed by atoms with Crippen molar-refractivity contribution in [3.05, 3.63) is 35.9 Å². The second-order valence-electron chi connectivity index (χ2n) is 4.34. The van der Waals surface area contributed by atoms with Crippen molar-refractivity contribution in [2.24, 2.45) is 5.73 Å². The van der Waals surface area contributed by atoms with E-state index in [0.717, 1.165) is 12.0 Å². The summed E-state index contributed by atoms with van der Waals surface area (Å²) in [6.45, 7) is 1.37. The molecular formula is C13H18N2O3. The fourth-order valence-corrected chi connectivity index (χ4v) is 1.86. The standard InChI is InChI=1S/C13H18N2O3/c14-11-9-17-7-6-12(11)15-13(16)18-8-10-4-2-1-3-5-10/h1-5,11-12H,6-9,14H2,(H,15,16)/t11-,12-/m0/s1. The number of nitrogens with two attached hydrogens (primary N) is 1. The summed E-state index contributed by atoms with van der Waals surface area (Å²) in [5, 5.41) is 2.77. The van der Waals surface area contributed by atoms with Crippen LogP contribution in [0.1, 0.15) is 12.0 Å². The van der Waals surface area contributed by atoms with E-state index in [4.69, 9.17) is 15.2 Å². The van der Waals surface area contributed by atoms with Gasteiger partial charge in [-0.2, -0.15) is 0 Å². The Morgan fingerprint density at radius 3 is 2.94 bits per heavy atom. The Morgan fingerprint density at radius 2 is 2.22 bits per heavy atom. The van der Waals surface area contributed by atoms with Gasteiger partial charge in [-0.05, 0) is 12.0 Å². The first-order valence-electron chi connectivity index (χ1n) is 6.06. The maximum atomic E-state index is 11.6. The van der Waals surface area contributed by atoms with Crippen LogP contribution in [-0.2, 0) is 16.1 Å². The first-order valence-corrected chi connectivity index (χ1v) is 6.06. The van der Waals surface area contributed by atoms with Crippen LogP contribution in [-0.4, -0.2) is 31.4 Å².